The summed E-state index contributed by atoms with van der Waals surface area (Å²) < 4.78 is 10.7. The number of carbonyl (C=O) groups excluding carboxylic acids is 1. The predicted octanol–water partition coefficient (Wildman–Crippen LogP) is 2.52. The van der Waals surface area contributed by atoms with Gasteiger partial charge in [-0.3, -0.25) is 9.78 Å². The molecule has 1 amide bonds. The molecule has 2 aromatic rings. The van der Waals surface area contributed by atoms with E-state index in [9.17, 15) is 4.79 Å². The van der Waals surface area contributed by atoms with Crippen LogP contribution in [0.2, 0.25) is 0 Å². The second kappa shape index (κ2) is 5.67. The van der Waals surface area contributed by atoms with E-state index in [0.717, 1.165) is 17.1 Å². The van der Waals surface area contributed by atoms with Gasteiger partial charge in [-0.2, -0.15) is 0 Å². The standard InChI is InChI=1S/C17H18N2O3/c1-17(2,10-19-16(20)13-5-3-4-8-18-13)12-6-7-14-15(9-12)22-11-21-14/h3-9H,10-11H2,1-2H3,(H,19,20). The predicted molar refractivity (Wildman–Crippen MR) is 82.2 cm³/mol. The number of carbonyl (C=O) groups is 1. The summed E-state index contributed by atoms with van der Waals surface area (Å²) in [4.78, 5) is 16.1. The van der Waals surface area contributed by atoms with E-state index in [1.54, 1.807) is 24.4 Å². The van der Waals surface area contributed by atoms with Gasteiger partial charge in [0.1, 0.15) is 5.69 Å². The molecule has 5 nitrogen and oxygen atoms in total. The Labute approximate surface area is 129 Å². The van der Waals surface area contributed by atoms with Gasteiger partial charge in [0.05, 0.1) is 0 Å². The van der Waals surface area contributed by atoms with Crippen molar-refractivity contribution in [3.8, 4) is 11.5 Å². The molecule has 0 saturated carbocycles. The fraction of sp³-hybridized carbons (Fsp3) is 0.294. The number of nitrogens with one attached hydrogen (secondary N) is 1. The van der Waals surface area contributed by atoms with Gasteiger partial charge in [-0.15, -0.1) is 0 Å². The molecular formula is C17H18N2O3. The molecule has 0 unspecified atom stereocenters. The third-order valence-electron chi connectivity index (χ3n) is 3.74. The average Bonchev–Trinajstić information content (AvgIpc) is 3.01. The highest BCUT2D eigenvalue weighted by Crippen LogP contribution is 2.36. The summed E-state index contributed by atoms with van der Waals surface area (Å²) in [6.45, 7) is 4.91. The SMILES string of the molecule is CC(C)(CNC(=O)c1ccccn1)c1ccc2c(c1)OCO2. The Morgan fingerprint density at radius 3 is 2.82 bits per heavy atom. The molecule has 1 aliphatic rings. The van der Waals surface area contributed by atoms with Gasteiger partial charge in [-0.25, -0.2) is 0 Å². The molecule has 2 heterocycles. The highest BCUT2D eigenvalue weighted by atomic mass is 16.7. The Balaban J connectivity index is 1.69. The quantitative estimate of drug-likeness (QED) is 0.942. The third-order valence-corrected chi connectivity index (χ3v) is 3.74. The number of benzene rings is 1. The topological polar surface area (TPSA) is 60.5 Å². The van der Waals surface area contributed by atoms with E-state index in [0.29, 0.717) is 12.2 Å². The monoisotopic (exact) mass is 298 g/mol. The molecule has 5 heteroatoms. The Hall–Kier alpha value is -2.56. The van der Waals surface area contributed by atoms with Gasteiger partial charge in [0.15, 0.2) is 11.5 Å². The van der Waals surface area contributed by atoms with Crippen LogP contribution in [0.4, 0.5) is 0 Å². The van der Waals surface area contributed by atoms with E-state index < -0.39 is 0 Å². The van der Waals surface area contributed by atoms with E-state index in [4.69, 9.17) is 9.47 Å². The minimum absolute atomic E-state index is 0.172. The van der Waals surface area contributed by atoms with E-state index in [1.807, 2.05) is 18.2 Å². The van der Waals surface area contributed by atoms with Crippen LogP contribution in [0.25, 0.3) is 0 Å². The van der Waals surface area contributed by atoms with Crippen molar-refractivity contribution in [2.45, 2.75) is 19.3 Å². The molecular weight excluding hydrogens is 280 g/mol. The molecule has 0 spiro atoms. The molecule has 0 fully saturated rings. The number of nitrogens with zero attached hydrogens (tertiary/aromatic N) is 1. The zero-order valence-corrected chi connectivity index (χ0v) is 12.6. The van der Waals surface area contributed by atoms with Crippen LogP contribution in [-0.2, 0) is 5.41 Å². The lowest BCUT2D eigenvalue weighted by Gasteiger charge is -2.25. The van der Waals surface area contributed by atoms with E-state index in [1.165, 1.54) is 0 Å². The molecule has 1 aromatic carbocycles. The van der Waals surface area contributed by atoms with Crippen LogP contribution in [0.15, 0.2) is 42.6 Å². The molecule has 0 radical (unpaired) electrons. The molecule has 3 rings (SSSR count). The molecule has 114 valence electrons. The summed E-state index contributed by atoms with van der Waals surface area (Å²) in [6.07, 6.45) is 1.61. The Morgan fingerprint density at radius 1 is 1.23 bits per heavy atom. The van der Waals surface area contributed by atoms with Crippen molar-refractivity contribution >= 4 is 5.91 Å². The van der Waals surface area contributed by atoms with Crippen LogP contribution < -0.4 is 14.8 Å². The van der Waals surface area contributed by atoms with Gasteiger partial charge in [0, 0.05) is 18.2 Å². The summed E-state index contributed by atoms with van der Waals surface area (Å²) in [5.74, 6) is 1.34. The number of aromatic nitrogens is 1. The lowest BCUT2D eigenvalue weighted by Crippen LogP contribution is -2.37. The Kier molecular flexibility index (Phi) is 3.71. The van der Waals surface area contributed by atoms with E-state index in [2.05, 4.69) is 24.1 Å². The summed E-state index contributed by atoms with van der Waals surface area (Å²) in [5, 5.41) is 2.93. The smallest absolute Gasteiger partial charge is 0.269 e. The number of rotatable bonds is 4. The highest BCUT2D eigenvalue weighted by Gasteiger charge is 2.25. The van der Waals surface area contributed by atoms with Gasteiger partial charge in [0.25, 0.3) is 5.91 Å². The van der Waals surface area contributed by atoms with Crippen LogP contribution in [0.3, 0.4) is 0 Å². The zero-order chi connectivity index (χ0) is 15.6. The van der Waals surface area contributed by atoms with Gasteiger partial charge in [-0.05, 0) is 29.8 Å². The lowest BCUT2D eigenvalue weighted by atomic mass is 9.84. The van der Waals surface area contributed by atoms with Gasteiger partial charge < -0.3 is 14.8 Å². The minimum Gasteiger partial charge on any atom is -0.454 e. The third kappa shape index (κ3) is 2.88. The second-order valence-electron chi connectivity index (χ2n) is 5.85. The number of hydrogen-bond donors (Lipinski definition) is 1. The first-order valence-corrected chi connectivity index (χ1v) is 7.16. The molecule has 1 aliphatic heterocycles. The first-order chi connectivity index (χ1) is 10.6. The summed E-state index contributed by atoms with van der Waals surface area (Å²) in [5.41, 5.74) is 1.27. The van der Waals surface area contributed by atoms with Crippen molar-refractivity contribution in [2.75, 3.05) is 13.3 Å². The molecule has 0 aliphatic carbocycles. The molecule has 1 N–H and O–H groups in total. The molecule has 22 heavy (non-hydrogen) atoms. The maximum Gasteiger partial charge on any atom is 0.269 e. The van der Waals surface area contributed by atoms with Crippen LogP contribution >= 0.6 is 0 Å². The largest absolute Gasteiger partial charge is 0.454 e. The first-order valence-electron chi connectivity index (χ1n) is 7.16. The van der Waals surface area contributed by atoms with Crippen LogP contribution in [-0.4, -0.2) is 24.2 Å². The average molecular weight is 298 g/mol. The normalized spacial score (nSPS) is 13.0. The van der Waals surface area contributed by atoms with E-state index >= 15 is 0 Å². The van der Waals surface area contributed by atoms with Crippen LogP contribution in [0, 0.1) is 0 Å². The van der Waals surface area contributed by atoms with E-state index in [-0.39, 0.29) is 18.1 Å². The zero-order valence-electron chi connectivity index (χ0n) is 12.6. The maximum absolute atomic E-state index is 12.1. The Bertz CT molecular complexity index is 684. The van der Waals surface area contributed by atoms with Crippen LogP contribution in [0.1, 0.15) is 29.9 Å². The lowest BCUT2D eigenvalue weighted by molar-refractivity contribution is 0.0940. The van der Waals surface area contributed by atoms with Crippen molar-refractivity contribution in [2.24, 2.45) is 0 Å². The van der Waals surface area contributed by atoms with Crippen molar-refractivity contribution in [3.63, 3.8) is 0 Å². The number of pyridine rings is 1. The van der Waals surface area contributed by atoms with Crippen molar-refractivity contribution in [1.82, 2.24) is 10.3 Å². The van der Waals surface area contributed by atoms with Crippen molar-refractivity contribution in [3.05, 3.63) is 53.9 Å². The van der Waals surface area contributed by atoms with Crippen LogP contribution in [0.5, 0.6) is 11.5 Å². The number of amides is 1. The summed E-state index contributed by atoms with van der Waals surface area (Å²) in [6, 6.07) is 11.1. The van der Waals surface area contributed by atoms with Gasteiger partial charge >= 0.3 is 0 Å². The fourth-order valence-electron chi connectivity index (χ4n) is 2.31. The number of hydrogen-bond acceptors (Lipinski definition) is 4. The first kappa shape index (κ1) is 14.4. The maximum atomic E-state index is 12.1. The van der Waals surface area contributed by atoms with Crippen molar-refractivity contribution in [1.29, 1.82) is 0 Å². The summed E-state index contributed by atoms with van der Waals surface area (Å²) in [7, 11) is 0. The van der Waals surface area contributed by atoms with Crippen molar-refractivity contribution < 1.29 is 14.3 Å². The van der Waals surface area contributed by atoms with Gasteiger partial charge in [-0.1, -0.05) is 26.0 Å². The van der Waals surface area contributed by atoms with Gasteiger partial charge in [0.2, 0.25) is 6.79 Å². The highest BCUT2D eigenvalue weighted by molar-refractivity contribution is 5.92. The second-order valence-corrected chi connectivity index (χ2v) is 5.85. The summed E-state index contributed by atoms with van der Waals surface area (Å²) >= 11 is 0. The molecule has 1 aromatic heterocycles. The molecule has 0 bridgehead atoms. The fourth-order valence-corrected chi connectivity index (χ4v) is 2.31. The molecule has 0 saturated heterocycles. The number of ether oxygens (including phenoxy) is 2. The molecule has 0 atom stereocenters. The minimum atomic E-state index is -0.231. The number of fused-ring (bicyclic) bond motifs is 1. The Morgan fingerprint density at radius 2 is 2.05 bits per heavy atom.